The van der Waals surface area contributed by atoms with Crippen molar-refractivity contribution >= 4 is 7.60 Å². The minimum atomic E-state index is -3.08. The van der Waals surface area contributed by atoms with Gasteiger partial charge in [0.1, 0.15) is 0 Å². The van der Waals surface area contributed by atoms with E-state index in [2.05, 4.69) is 6.92 Å². The molecule has 1 unspecified atom stereocenters. The molecule has 3 nitrogen and oxygen atoms in total. The summed E-state index contributed by atoms with van der Waals surface area (Å²) in [7, 11) is -3.08. The van der Waals surface area contributed by atoms with Crippen LogP contribution in [0.4, 0.5) is 0 Å². The normalized spacial score (nSPS) is 13.4. The Balaban J connectivity index is 3.03. The summed E-state index contributed by atoms with van der Waals surface area (Å²) < 4.78 is 24.0. The number of rotatable bonds is 9. The second-order valence-corrected chi connectivity index (χ2v) is 6.66. The third kappa shape index (κ3) is 4.76. The molecule has 108 valence electrons. The molecule has 0 fully saturated rings. The third-order valence-corrected chi connectivity index (χ3v) is 5.57. The number of hydrogen-bond donors (Lipinski definition) is 0. The highest BCUT2D eigenvalue weighted by atomic mass is 31.2. The molecule has 0 heterocycles. The Morgan fingerprint density at radius 2 is 1.63 bits per heavy atom. The van der Waals surface area contributed by atoms with Crippen molar-refractivity contribution in [1.29, 1.82) is 0 Å². The molecule has 1 aromatic carbocycles. The molecule has 0 N–H and O–H groups in total. The van der Waals surface area contributed by atoms with Crippen LogP contribution in [0.1, 0.15) is 51.3 Å². The van der Waals surface area contributed by atoms with E-state index in [0.717, 1.165) is 24.8 Å². The first-order chi connectivity index (χ1) is 9.18. The Hall–Kier alpha value is -0.630. The molecule has 0 aromatic heterocycles. The van der Waals surface area contributed by atoms with Crippen LogP contribution in [-0.2, 0) is 13.6 Å². The molecule has 0 aliphatic heterocycles. The lowest BCUT2D eigenvalue weighted by atomic mass is 10.1. The lowest BCUT2D eigenvalue weighted by Crippen LogP contribution is -2.07. The van der Waals surface area contributed by atoms with Crippen molar-refractivity contribution in [3.63, 3.8) is 0 Å². The van der Waals surface area contributed by atoms with Crippen LogP contribution in [0.5, 0.6) is 0 Å². The standard InChI is InChI=1S/C15H25O3P/c1-4-7-13-15(14-11-9-8-10-12-14)19(16,17-5-2)18-6-3/h8-12,15H,4-7,13H2,1-3H3. The van der Waals surface area contributed by atoms with Gasteiger partial charge in [-0.15, -0.1) is 0 Å². The van der Waals surface area contributed by atoms with Crippen molar-refractivity contribution in [2.75, 3.05) is 13.2 Å². The molecule has 1 atom stereocenters. The first-order valence-corrected chi connectivity index (χ1v) is 8.72. The van der Waals surface area contributed by atoms with E-state index in [-0.39, 0.29) is 5.66 Å². The van der Waals surface area contributed by atoms with Gasteiger partial charge in [-0.2, -0.15) is 0 Å². The third-order valence-electron chi connectivity index (χ3n) is 3.02. The zero-order valence-corrected chi connectivity index (χ0v) is 13.1. The van der Waals surface area contributed by atoms with Gasteiger partial charge >= 0.3 is 7.60 Å². The van der Waals surface area contributed by atoms with Crippen molar-refractivity contribution in [2.24, 2.45) is 0 Å². The second kappa shape index (κ2) is 8.52. The highest BCUT2D eigenvalue weighted by Gasteiger charge is 2.35. The minimum Gasteiger partial charge on any atom is -0.308 e. The van der Waals surface area contributed by atoms with Gasteiger partial charge in [0.25, 0.3) is 0 Å². The van der Waals surface area contributed by atoms with Crippen molar-refractivity contribution in [3.8, 4) is 0 Å². The summed E-state index contributed by atoms with van der Waals surface area (Å²) in [6.07, 6.45) is 2.92. The number of benzene rings is 1. The Kier molecular flexibility index (Phi) is 7.37. The molecular formula is C15H25O3P. The van der Waals surface area contributed by atoms with E-state index < -0.39 is 7.60 Å². The smallest absolute Gasteiger partial charge is 0.308 e. The number of unbranched alkanes of at least 4 members (excludes halogenated alkanes) is 1. The summed E-state index contributed by atoms with van der Waals surface area (Å²) >= 11 is 0. The van der Waals surface area contributed by atoms with Crippen LogP contribution in [0.3, 0.4) is 0 Å². The summed E-state index contributed by atoms with van der Waals surface area (Å²) in [6, 6.07) is 9.91. The summed E-state index contributed by atoms with van der Waals surface area (Å²) in [6.45, 7) is 6.66. The SMILES string of the molecule is CCCCC(c1ccccc1)P(=O)(OCC)OCC. The highest BCUT2D eigenvalue weighted by Crippen LogP contribution is 2.62. The lowest BCUT2D eigenvalue weighted by molar-refractivity contribution is 0.210. The maximum Gasteiger partial charge on any atom is 0.338 e. The fourth-order valence-corrected chi connectivity index (χ4v) is 4.35. The van der Waals surface area contributed by atoms with Crippen molar-refractivity contribution < 1.29 is 13.6 Å². The van der Waals surface area contributed by atoms with Crippen LogP contribution in [0, 0.1) is 0 Å². The van der Waals surface area contributed by atoms with Crippen LogP contribution < -0.4 is 0 Å². The van der Waals surface area contributed by atoms with Crippen LogP contribution in [0.2, 0.25) is 0 Å². The van der Waals surface area contributed by atoms with Gasteiger partial charge in [0.05, 0.1) is 18.9 Å². The maximum absolute atomic E-state index is 13.0. The summed E-state index contributed by atoms with van der Waals surface area (Å²) in [5.74, 6) is 0. The highest BCUT2D eigenvalue weighted by molar-refractivity contribution is 7.54. The molecule has 0 saturated carbocycles. The van der Waals surface area contributed by atoms with E-state index in [1.807, 2.05) is 44.2 Å². The van der Waals surface area contributed by atoms with E-state index in [1.165, 1.54) is 0 Å². The van der Waals surface area contributed by atoms with E-state index in [4.69, 9.17) is 9.05 Å². The van der Waals surface area contributed by atoms with Gasteiger partial charge < -0.3 is 9.05 Å². The molecule has 0 aliphatic rings. The minimum absolute atomic E-state index is 0.159. The molecule has 19 heavy (non-hydrogen) atoms. The zero-order chi connectivity index (χ0) is 14.1. The van der Waals surface area contributed by atoms with Gasteiger partial charge in [-0.3, -0.25) is 4.57 Å². The van der Waals surface area contributed by atoms with Crippen LogP contribution in [0.25, 0.3) is 0 Å². The fourth-order valence-electron chi connectivity index (χ4n) is 2.16. The quantitative estimate of drug-likeness (QED) is 0.586. The predicted molar refractivity (Wildman–Crippen MR) is 79.6 cm³/mol. The molecule has 1 rings (SSSR count). The Morgan fingerprint density at radius 1 is 1.05 bits per heavy atom. The van der Waals surface area contributed by atoms with Crippen LogP contribution in [0.15, 0.2) is 30.3 Å². The molecule has 0 aliphatic carbocycles. The molecule has 0 saturated heterocycles. The molecule has 1 aromatic rings. The Bertz CT molecular complexity index is 382. The van der Waals surface area contributed by atoms with Crippen LogP contribution >= 0.6 is 7.60 Å². The number of hydrogen-bond acceptors (Lipinski definition) is 3. The topological polar surface area (TPSA) is 35.5 Å². The monoisotopic (exact) mass is 284 g/mol. The van der Waals surface area contributed by atoms with Gasteiger partial charge in [0.15, 0.2) is 0 Å². The zero-order valence-electron chi connectivity index (χ0n) is 12.2. The van der Waals surface area contributed by atoms with E-state index in [1.54, 1.807) is 0 Å². The molecule has 0 radical (unpaired) electrons. The van der Waals surface area contributed by atoms with Crippen molar-refractivity contribution in [3.05, 3.63) is 35.9 Å². The average molecular weight is 284 g/mol. The first-order valence-electron chi connectivity index (χ1n) is 7.11. The van der Waals surface area contributed by atoms with Crippen LogP contribution in [-0.4, -0.2) is 13.2 Å². The molecule has 0 amide bonds. The molecule has 4 heteroatoms. The van der Waals surface area contributed by atoms with Gasteiger partial charge in [0.2, 0.25) is 0 Å². The van der Waals surface area contributed by atoms with Gasteiger partial charge in [-0.05, 0) is 25.8 Å². The second-order valence-electron chi connectivity index (χ2n) is 4.44. The van der Waals surface area contributed by atoms with E-state index >= 15 is 0 Å². The maximum atomic E-state index is 13.0. The largest absolute Gasteiger partial charge is 0.338 e. The Morgan fingerprint density at radius 3 is 2.11 bits per heavy atom. The van der Waals surface area contributed by atoms with Gasteiger partial charge in [-0.25, -0.2) is 0 Å². The van der Waals surface area contributed by atoms with Crippen molar-refractivity contribution in [2.45, 2.75) is 45.7 Å². The first kappa shape index (κ1) is 16.4. The van der Waals surface area contributed by atoms with Gasteiger partial charge in [0, 0.05) is 0 Å². The summed E-state index contributed by atoms with van der Waals surface area (Å²) in [5, 5.41) is 0. The molecular weight excluding hydrogens is 259 g/mol. The average Bonchev–Trinajstić information content (AvgIpc) is 2.41. The van der Waals surface area contributed by atoms with Gasteiger partial charge in [-0.1, -0.05) is 50.1 Å². The summed E-state index contributed by atoms with van der Waals surface area (Å²) in [5.41, 5.74) is 0.884. The fraction of sp³-hybridized carbons (Fsp3) is 0.600. The Labute approximate surface area is 116 Å². The summed E-state index contributed by atoms with van der Waals surface area (Å²) in [4.78, 5) is 0. The van der Waals surface area contributed by atoms with Crippen molar-refractivity contribution in [1.82, 2.24) is 0 Å². The lowest BCUT2D eigenvalue weighted by Gasteiger charge is -2.26. The molecule has 0 spiro atoms. The predicted octanol–water partition coefficient (Wildman–Crippen LogP) is 5.18. The molecule has 0 bridgehead atoms. The van der Waals surface area contributed by atoms with E-state index in [0.29, 0.717) is 13.2 Å². The van der Waals surface area contributed by atoms with E-state index in [9.17, 15) is 4.57 Å².